The first kappa shape index (κ1) is 18.6. The molecule has 0 aliphatic heterocycles. The van der Waals surface area contributed by atoms with E-state index in [0.29, 0.717) is 23.1 Å². The zero-order chi connectivity index (χ0) is 17.5. The largest absolute Gasteiger partial charge is 0.497 e. The molecule has 0 heterocycles. The average molecular weight is 367 g/mol. The predicted octanol–water partition coefficient (Wildman–Crippen LogP) is 3.75. The van der Waals surface area contributed by atoms with Crippen LogP contribution in [0.5, 0.6) is 5.75 Å². The highest BCUT2D eigenvalue weighted by Gasteiger charge is 2.10. The Bertz CT molecular complexity index is 690. The molecule has 2 aromatic carbocycles. The highest BCUT2D eigenvalue weighted by atomic mass is 35.5. The Morgan fingerprint density at radius 3 is 2.54 bits per heavy atom. The van der Waals surface area contributed by atoms with Gasteiger partial charge in [-0.2, -0.15) is 0 Å². The Hall–Kier alpha value is -1.75. The van der Waals surface area contributed by atoms with E-state index in [0.717, 1.165) is 16.9 Å². The van der Waals surface area contributed by atoms with E-state index in [9.17, 15) is 4.79 Å². The Labute approximate surface area is 152 Å². The van der Waals surface area contributed by atoms with Crippen LogP contribution in [0.4, 0.5) is 0 Å². The van der Waals surface area contributed by atoms with Crippen LogP contribution >= 0.6 is 23.2 Å². The minimum Gasteiger partial charge on any atom is -0.497 e. The molecule has 1 N–H and O–H groups in total. The number of halogens is 2. The molecule has 2 aromatic rings. The fourth-order valence-corrected chi connectivity index (χ4v) is 2.64. The van der Waals surface area contributed by atoms with Crippen molar-refractivity contribution in [2.45, 2.75) is 13.1 Å². The van der Waals surface area contributed by atoms with E-state index in [1.165, 1.54) is 0 Å². The van der Waals surface area contributed by atoms with E-state index in [2.05, 4.69) is 5.32 Å². The number of likely N-dealkylation sites (N-methyl/N-ethyl adjacent to an activating group) is 1. The van der Waals surface area contributed by atoms with Crippen LogP contribution in [0.3, 0.4) is 0 Å². The summed E-state index contributed by atoms with van der Waals surface area (Å²) < 4.78 is 5.11. The molecule has 0 spiro atoms. The molecule has 0 aliphatic rings. The molecule has 2 rings (SSSR count). The molecule has 128 valence electrons. The maximum Gasteiger partial charge on any atom is 0.234 e. The van der Waals surface area contributed by atoms with Gasteiger partial charge in [0.25, 0.3) is 0 Å². The third kappa shape index (κ3) is 5.41. The van der Waals surface area contributed by atoms with Crippen molar-refractivity contribution in [2.24, 2.45) is 0 Å². The highest BCUT2D eigenvalue weighted by molar-refractivity contribution is 6.42. The van der Waals surface area contributed by atoms with E-state index in [1.54, 1.807) is 13.2 Å². The molecule has 0 saturated carbocycles. The number of rotatable bonds is 7. The Morgan fingerprint density at radius 1 is 1.17 bits per heavy atom. The number of hydrogen-bond acceptors (Lipinski definition) is 3. The SMILES string of the molecule is COc1ccc(CNC(=O)CN(C)Cc2cccc(Cl)c2Cl)cc1. The van der Waals surface area contributed by atoms with E-state index in [1.807, 2.05) is 48.3 Å². The Balaban J connectivity index is 1.81. The molecule has 0 bridgehead atoms. The number of hydrogen-bond donors (Lipinski definition) is 1. The van der Waals surface area contributed by atoms with Gasteiger partial charge in [-0.05, 0) is 36.4 Å². The van der Waals surface area contributed by atoms with Crippen molar-refractivity contribution < 1.29 is 9.53 Å². The van der Waals surface area contributed by atoms with Gasteiger partial charge in [0.05, 0.1) is 23.7 Å². The molecule has 0 aliphatic carbocycles. The van der Waals surface area contributed by atoms with Crippen LogP contribution in [0, 0.1) is 0 Å². The molecule has 0 aromatic heterocycles. The van der Waals surface area contributed by atoms with Crippen molar-refractivity contribution in [1.82, 2.24) is 10.2 Å². The maximum absolute atomic E-state index is 12.1. The van der Waals surface area contributed by atoms with Gasteiger partial charge < -0.3 is 10.1 Å². The van der Waals surface area contributed by atoms with Crippen LogP contribution in [-0.2, 0) is 17.9 Å². The molecule has 0 unspecified atom stereocenters. The number of nitrogens with zero attached hydrogens (tertiary/aromatic N) is 1. The van der Waals surface area contributed by atoms with Crippen molar-refractivity contribution in [2.75, 3.05) is 20.7 Å². The van der Waals surface area contributed by atoms with Crippen LogP contribution in [0.1, 0.15) is 11.1 Å². The maximum atomic E-state index is 12.1. The van der Waals surface area contributed by atoms with Gasteiger partial charge in [0, 0.05) is 13.1 Å². The Kier molecular flexibility index (Phi) is 6.91. The monoisotopic (exact) mass is 366 g/mol. The Morgan fingerprint density at radius 2 is 1.88 bits per heavy atom. The van der Waals surface area contributed by atoms with Crippen molar-refractivity contribution in [3.8, 4) is 5.75 Å². The van der Waals surface area contributed by atoms with E-state index in [-0.39, 0.29) is 12.5 Å². The third-order valence-corrected chi connectivity index (χ3v) is 4.39. The molecule has 24 heavy (non-hydrogen) atoms. The lowest BCUT2D eigenvalue weighted by Gasteiger charge is -2.17. The fourth-order valence-electron chi connectivity index (χ4n) is 2.26. The third-order valence-electron chi connectivity index (χ3n) is 3.53. The minimum atomic E-state index is -0.0496. The fraction of sp³-hybridized carbons (Fsp3) is 0.278. The first-order valence-corrected chi connectivity index (χ1v) is 8.26. The van der Waals surface area contributed by atoms with Crippen molar-refractivity contribution in [3.05, 3.63) is 63.6 Å². The summed E-state index contributed by atoms with van der Waals surface area (Å²) >= 11 is 12.2. The molecule has 4 nitrogen and oxygen atoms in total. The quantitative estimate of drug-likeness (QED) is 0.811. The summed E-state index contributed by atoms with van der Waals surface area (Å²) in [5.74, 6) is 0.745. The summed E-state index contributed by atoms with van der Waals surface area (Å²) in [6.45, 7) is 1.31. The topological polar surface area (TPSA) is 41.6 Å². The van der Waals surface area contributed by atoms with Crippen LogP contribution in [0.25, 0.3) is 0 Å². The lowest BCUT2D eigenvalue weighted by molar-refractivity contribution is -0.122. The zero-order valence-corrected chi connectivity index (χ0v) is 15.2. The van der Waals surface area contributed by atoms with Gasteiger partial charge in [-0.3, -0.25) is 9.69 Å². The molecule has 1 amide bonds. The molecular formula is C18H20Cl2N2O2. The number of nitrogens with one attached hydrogen (secondary N) is 1. The average Bonchev–Trinajstić information content (AvgIpc) is 2.57. The second-order valence-electron chi connectivity index (χ2n) is 5.51. The summed E-state index contributed by atoms with van der Waals surface area (Å²) in [7, 11) is 3.49. The van der Waals surface area contributed by atoms with Gasteiger partial charge >= 0.3 is 0 Å². The predicted molar refractivity (Wildman–Crippen MR) is 97.6 cm³/mol. The first-order valence-electron chi connectivity index (χ1n) is 7.50. The van der Waals surface area contributed by atoms with Crippen LogP contribution < -0.4 is 10.1 Å². The van der Waals surface area contributed by atoms with E-state index < -0.39 is 0 Å². The van der Waals surface area contributed by atoms with E-state index >= 15 is 0 Å². The van der Waals surface area contributed by atoms with Gasteiger partial charge in [-0.15, -0.1) is 0 Å². The van der Waals surface area contributed by atoms with Gasteiger partial charge in [0.1, 0.15) is 5.75 Å². The number of amides is 1. The van der Waals surface area contributed by atoms with Crippen molar-refractivity contribution in [1.29, 1.82) is 0 Å². The number of ether oxygens (including phenoxy) is 1. The molecule has 0 saturated heterocycles. The molecule has 6 heteroatoms. The molecule has 0 atom stereocenters. The minimum absolute atomic E-state index is 0.0496. The van der Waals surface area contributed by atoms with Crippen LogP contribution in [0.2, 0.25) is 10.0 Å². The van der Waals surface area contributed by atoms with Gasteiger partial charge in [0.2, 0.25) is 5.91 Å². The second-order valence-corrected chi connectivity index (χ2v) is 6.30. The summed E-state index contributed by atoms with van der Waals surface area (Å²) in [4.78, 5) is 13.9. The normalized spacial score (nSPS) is 10.7. The van der Waals surface area contributed by atoms with Crippen molar-refractivity contribution in [3.63, 3.8) is 0 Å². The molecule has 0 radical (unpaired) electrons. The van der Waals surface area contributed by atoms with Crippen molar-refractivity contribution >= 4 is 29.1 Å². The second kappa shape index (κ2) is 8.92. The summed E-state index contributed by atoms with van der Waals surface area (Å²) in [6, 6.07) is 13.1. The van der Waals surface area contributed by atoms with Gasteiger partial charge in [-0.25, -0.2) is 0 Å². The van der Waals surface area contributed by atoms with Crippen LogP contribution in [0.15, 0.2) is 42.5 Å². The summed E-state index contributed by atoms with van der Waals surface area (Å²) in [5.41, 5.74) is 1.92. The smallest absolute Gasteiger partial charge is 0.234 e. The molecule has 0 fully saturated rings. The first-order chi connectivity index (χ1) is 11.5. The number of carbonyl (C=O) groups is 1. The van der Waals surface area contributed by atoms with Gasteiger partial charge in [0.15, 0.2) is 0 Å². The number of benzene rings is 2. The number of carbonyl (C=O) groups excluding carboxylic acids is 1. The standard InChI is InChI=1S/C18H20Cl2N2O2/c1-22(11-14-4-3-5-16(19)18(14)20)12-17(23)21-10-13-6-8-15(24-2)9-7-13/h3-9H,10-12H2,1-2H3,(H,21,23). The lowest BCUT2D eigenvalue weighted by atomic mass is 10.2. The zero-order valence-electron chi connectivity index (χ0n) is 13.7. The highest BCUT2D eigenvalue weighted by Crippen LogP contribution is 2.26. The molecular weight excluding hydrogens is 347 g/mol. The summed E-state index contributed by atoms with van der Waals surface area (Å²) in [6.07, 6.45) is 0. The number of methoxy groups -OCH3 is 1. The van der Waals surface area contributed by atoms with Crippen LogP contribution in [-0.4, -0.2) is 31.5 Å². The van der Waals surface area contributed by atoms with E-state index in [4.69, 9.17) is 27.9 Å². The lowest BCUT2D eigenvalue weighted by Crippen LogP contribution is -2.34. The summed E-state index contributed by atoms with van der Waals surface area (Å²) in [5, 5.41) is 3.95. The van der Waals surface area contributed by atoms with Gasteiger partial charge in [-0.1, -0.05) is 47.5 Å².